The van der Waals surface area contributed by atoms with Crippen LogP contribution in [-0.4, -0.2) is 62.8 Å². The molecule has 0 aromatic heterocycles. The Morgan fingerprint density at radius 2 is 1.69 bits per heavy atom. The van der Waals surface area contributed by atoms with Crippen molar-refractivity contribution in [2.45, 2.75) is 26.3 Å². The predicted octanol–water partition coefficient (Wildman–Crippen LogP) is 2.70. The molecule has 2 aliphatic heterocycles. The second kappa shape index (κ2) is 11.4. The Hall–Kier alpha value is -3.33. The van der Waals surface area contributed by atoms with Crippen LogP contribution in [0.25, 0.3) is 0 Å². The Bertz CT molecular complexity index is 1040. The van der Waals surface area contributed by atoms with Gasteiger partial charge in [0.15, 0.2) is 11.5 Å². The van der Waals surface area contributed by atoms with E-state index in [1.165, 1.54) is 6.07 Å². The molecule has 35 heavy (non-hydrogen) atoms. The lowest BCUT2D eigenvalue weighted by Crippen LogP contribution is -2.51. The Morgan fingerprint density at radius 3 is 2.43 bits per heavy atom. The number of hydrogen-bond donors (Lipinski definition) is 2. The summed E-state index contributed by atoms with van der Waals surface area (Å²) in [4.78, 5) is 29.0. The van der Waals surface area contributed by atoms with Crippen molar-refractivity contribution >= 4 is 17.5 Å². The van der Waals surface area contributed by atoms with Crippen LogP contribution in [0.5, 0.6) is 11.5 Å². The molecule has 8 nitrogen and oxygen atoms in total. The molecule has 2 aromatic rings. The van der Waals surface area contributed by atoms with Crippen LogP contribution < -0.4 is 25.0 Å². The lowest BCUT2D eigenvalue weighted by atomic mass is 10.0. The first-order valence-electron chi connectivity index (χ1n) is 12.1. The summed E-state index contributed by atoms with van der Waals surface area (Å²) in [5.74, 6) is 0.283. The van der Waals surface area contributed by atoms with E-state index < -0.39 is 11.8 Å². The highest BCUT2D eigenvalue weighted by Crippen LogP contribution is 2.36. The number of carbonyl (C=O) groups excluding carboxylic acids is 2. The fourth-order valence-corrected chi connectivity index (χ4v) is 4.39. The average Bonchev–Trinajstić information content (AvgIpc) is 3.32. The highest BCUT2D eigenvalue weighted by Gasteiger charge is 2.28. The summed E-state index contributed by atoms with van der Waals surface area (Å²) < 4.78 is 25.3. The summed E-state index contributed by atoms with van der Waals surface area (Å²) >= 11 is 0. The normalized spacial score (nSPS) is 16.3. The topological polar surface area (TPSA) is 83.1 Å². The van der Waals surface area contributed by atoms with Crippen LogP contribution in [0.3, 0.4) is 0 Å². The maximum atomic E-state index is 14.3. The first kappa shape index (κ1) is 24.8. The van der Waals surface area contributed by atoms with E-state index in [4.69, 9.17) is 9.47 Å². The van der Waals surface area contributed by atoms with Crippen LogP contribution in [0.15, 0.2) is 42.5 Å². The summed E-state index contributed by atoms with van der Waals surface area (Å²) in [5.41, 5.74) is 1.55. The van der Waals surface area contributed by atoms with Gasteiger partial charge in [0.2, 0.25) is 6.79 Å². The molecule has 188 valence electrons. The standard InChI is InChI=1S/C26H33FN4O4/c1-18(2)9-10-28-25(32)26(33)29-16-22(19-7-8-23-24(15-19)35-17-34-23)31-13-11-30(12-14-31)21-6-4-3-5-20(21)27/h3-8,15,18,22H,9-14,16-17H2,1-2H3,(H,28,32)(H,29,33)/t22-/m0/s1. The Labute approximate surface area is 205 Å². The van der Waals surface area contributed by atoms with Crippen molar-refractivity contribution in [3.8, 4) is 11.5 Å². The molecule has 1 fully saturated rings. The van der Waals surface area contributed by atoms with Crippen molar-refractivity contribution in [1.82, 2.24) is 15.5 Å². The van der Waals surface area contributed by atoms with Crippen LogP contribution in [0, 0.1) is 11.7 Å². The minimum Gasteiger partial charge on any atom is -0.454 e. The van der Waals surface area contributed by atoms with Gasteiger partial charge in [-0.3, -0.25) is 14.5 Å². The lowest BCUT2D eigenvalue weighted by Gasteiger charge is -2.40. The van der Waals surface area contributed by atoms with E-state index in [1.54, 1.807) is 12.1 Å². The molecule has 2 amide bonds. The number of amides is 2. The molecule has 0 aliphatic carbocycles. The summed E-state index contributed by atoms with van der Waals surface area (Å²) in [7, 11) is 0. The van der Waals surface area contributed by atoms with E-state index in [9.17, 15) is 14.0 Å². The average molecular weight is 485 g/mol. The zero-order chi connectivity index (χ0) is 24.8. The second-order valence-corrected chi connectivity index (χ2v) is 9.25. The minimum absolute atomic E-state index is 0.179. The van der Waals surface area contributed by atoms with Crippen molar-refractivity contribution in [1.29, 1.82) is 0 Å². The van der Waals surface area contributed by atoms with E-state index in [-0.39, 0.29) is 25.2 Å². The first-order chi connectivity index (χ1) is 16.9. The van der Waals surface area contributed by atoms with Crippen LogP contribution in [0.2, 0.25) is 0 Å². The van der Waals surface area contributed by atoms with E-state index >= 15 is 0 Å². The zero-order valence-corrected chi connectivity index (χ0v) is 20.3. The fourth-order valence-electron chi connectivity index (χ4n) is 4.39. The van der Waals surface area contributed by atoms with E-state index in [2.05, 4.69) is 29.4 Å². The smallest absolute Gasteiger partial charge is 0.309 e. The molecular weight excluding hydrogens is 451 g/mol. The van der Waals surface area contributed by atoms with Crippen LogP contribution in [-0.2, 0) is 9.59 Å². The molecule has 9 heteroatoms. The summed E-state index contributed by atoms with van der Waals surface area (Å²) in [6.07, 6.45) is 0.811. The molecule has 0 saturated carbocycles. The van der Waals surface area contributed by atoms with Crippen LogP contribution in [0.4, 0.5) is 10.1 Å². The third kappa shape index (κ3) is 6.22. The van der Waals surface area contributed by atoms with E-state index in [0.29, 0.717) is 55.8 Å². The summed E-state index contributed by atoms with van der Waals surface area (Å²) in [6, 6.07) is 12.3. The highest BCUT2D eigenvalue weighted by molar-refractivity contribution is 6.35. The van der Waals surface area contributed by atoms with Gasteiger partial charge < -0.3 is 25.0 Å². The number of nitrogens with zero attached hydrogens (tertiary/aromatic N) is 2. The maximum absolute atomic E-state index is 14.3. The van der Waals surface area contributed by atoms with Crippen molar-refractivity contribution in [3.63, 3.8) is 0 Å². The number of anilines is 1. The van der Waals surface area contributed by atoms with Gasteiger partial charge in [0.05, 0.1) is 11.7 Å². The van der Waals surface area contributed by atoms with Crippen molar-refractivity contribution in [3.05, 3.63) is 53.8 Å². The number of ether oxygens (including phenoxy) is 2. The van der Waals surface area contributed by atoms with E-state index in [0.717, 1.165) is 12.0 Å². The molecule has 4 rings (SSSR count). The van der Waals surface area contributed by atoms with Crippen molar-refractivity contribution in [2.24, 2.45) is 5.92 Å². The Balaban J connectivity index is 1.43. The zero-order valence-electron chi connectivity index (χ0n) is 20.3. The third-order valence-corrected chi connectivity index (χ3v) is 6.40. The number of rotatable bonds is 8. The number of halogens is 1. The molecule has 0 unspecified atom stereocenters. The van der Waals surface area contributed by atoms with Crippen LogP contribution >= 0.6 is 0 Å². The quantitative estimate of drug-likeness (QED) is 0.561. The minimum atomic E-state index is -0.649. The number of hydrogen-bond acceptors (Lipinski definition) is 6. The summed E-state index contributed by atoms with van der Waals surface area (Å²) in [5, 5.41) is 5.47. The van der Waals surface area contributed by atoms with Gasteiger partial charge in [-0.15, -0.1) is 0 Å². The number of para-hydroxylation sites is 1. The first-order valence-corrected chi connectivity index (χ1v) is 12.1. The summed E-state index contributed by atoms with van der Waals surface area (Å²) in [6.45, 7) is 7.66. The molecule has 0 spiro atoms. The van der Waals surface area contributed by atoms with Gasteiger partial charge >= 0.3 is 11.8 Å². The molecule has 2 heterocycles. The number of fused-ring (bicyclic) bond motifs is 1. The SMILES string of the molecule is CC(C)CCNC(=O)C(=O)NC[C@@H](c1ccc2c(c1)OCO2)N1CCN(c2ccccc2F)CC1. The van der Waals surface area contributed by atoms with Gasteiger partial charge in [0.1, 0.15) is 5.82 Å². The molecule has 2 N–H and O–H groups in total. The fraction of sp³-hybridized carbons (Fsp3) is 0.462. The third-order valence-electron chi connectivity index (χ3n) is 6.40. The molecular formula is C26H33FN4O4. The van der Waals surface area contributed by atoms with Gasteiger partial charge in [-0.2, -0.15) is 0 Å². The predicted molar refractivity (Wildman–Crippen MR) is 131 cm³/mol. The van der Waals surface area contributed by atoms with Crippen molar-refractivity contribution in [2.75, 3.05) is 51.0 Å². The Morgan fingerprint density at radius 1 is 0.971 bits per heavy atom. The van der Waals surface area contributed by atoms with Gasteiger partial charge in [-0.25, -0.2) is 4.39 Å². The van der Waals surface area contributed by atoms with Gasteiger partial charge in [0.25, 0.3) is 0 Å². The number of benzene rings is 2. The van der Waals surface area contributed by atoms with Gasteiger partial charge in [-0.05, 0) is 42.2 Å². The molecule has 1 saturated heterocycles. The van der Waals surface area contributed by atoms with E-state index in [1.807, 2.05) is 29.2 Å². The monoisotopic (exact) mass is 484 g/mol. The highest BCUT2D eigenvalue weighted by atomic mass is 19.1. The van der Waals surface area contributed by atoms with Crippen molar-refractivity contribution < 1.29 is 23.5 Å². The van der Waals surface area contributed by atoms with Gasteiger partial charge in [0, 0.05) is 39.3 Å². The molecule has 2 aliphatic rings. The number of nitrogens with one attached hydrogen (secondary N) is 2. The molecule has 1 atom stereocenters. The Kier molecular flexibility index (Phi) is 8.07. The molecule has 2 aromatic carbocycles. The molecule has 0 bridgehead atoms. The maximum Gasteiger partial charge on any atom is 0.309 e. The second-order valence-electron chi connectivity index (χ2n) is 9.25. The number of piperazine rings is 1. The van der Waals surface area contributed by atoms with Gasteiger partial charge in [-0.1, -0.05) is 32.0 Å². The largest absolute Gasteiger partial charge is 0.454 e. The number of carbonyl (C=O) groups is 2. The lowest BCUT2D eigenvalue weighted by molar-refractivity contribution is -0.139. The molecule has 0 radical (unpaired) electrons. The van der Waals surface area contributed by atoms with Crippen LogP contribution in [0.1, 0.15) is 31.9 Å².